The second-order valence-corrected chi connectivity index (χ2v) is 5.96. The van der Waals surface area contributed by atoms with Gasteiger partial charge in [-0.25, -0.2) is 0 Å². The summed E-state index contributed by atoms with van der Waals surface area (Å²) in [7, 11) is 3.94. The van der Waals surface area contributed by atoms with Gasteiger partial charge < -0.3 is 19.7 Å². The van der Waals surface area contributed by atoms with E-state index in [0.29, 0.717) is 5.92 Å². The van der Waals surface area contributed by atoms with E-state index in [0.717, 1.165) is 64.2 Å². The Morgan fingerprint density at radius 3 is 2.85 bits per heavy atom. The number of aliphatic imine (C=N–C) groups is 1. The highest BCUT2D eigenvalue weighted by molar-refractivity contribution is 5.79. The van der Waals surface area contributed by atoms with Crippen LogP contribution >= 0.6 is 0 Å². The highest BCUT2D eigenvalue weighted by Gasteiger charge is 2.21. The molecule has 1 N–H and O–H groups in total. The van der Waals surface area contributed by atoms with E-state index in [1.54, 1.807) is 0 Å². The van der Waals surface area contributed by atoms with Gasteiger partial charge in [0.05, 0.1) is 6.61 Å². The van der Waals surface area contributed by atoms with E-state index >= 15 is 0 Å². The minimum Gasteiger partial charge on any atom is -0.381 e. The fraction of sp³-hybridized carbons (Fsp3) is 0.933. The van der Waals surface area contributed by atoms with Crippen molar-refractivity contribution in [2.45, 2.75) is 25.7 Å². The summed E-state index contributed by atoms with van der Waals surface area (Å²) in [6, 6.07) is 0. The lowest BCUT2D eigenvalue weighted by Crippen LogP contribution is -2.42. The molecule has 5 nitrogen and oxygen atoms in total. The Morgan fingerprint density at radius 2 is 2.20 bits per heavy atom. The molecular formula is C15H29N3O2. The third-order valence-electron chi connectivity index (χ3n) is 3.93. The van der Waals surface area contributed by atoms with Crippen molar-refractivity contribution in [1.82, 2.24) is 10.2 Å². The molecule has 0 amide bonds. The maximum atomic E-state index is 5.63. The summed E-state index contributed by atoms with van der Waals surface area (Å²) < 4.78 is 11.0. The molecular weight excluding hydrogens is 254 g/mol. The Labute approximate surface area is 122 Å². The molecule has 0 aromatic carbocycles. The molecule has 0 aromatic heterocycles. The van der Waals surface area contributed by atoms with Crippen LogP contribution in [-0.4, -0.2) is 64.5 Å². The van der Waals surface area contributed by atoms with Gasteiger partial charge in [0.25, 0.3) is 0 Å². The normalized spacial score (nSPS) is 23.1. The predicted octanol–water partition coefficient (Wildman–Crippen LogP) is 1.35. The zero-order valence-electron chi connectivity index (χ0n) is 12.9. The summed E-state index contributed by atoms with van der Waals surface area (Å²) in [4.78, 5) is 6.53. The predicted molar refractivity (Wildman–Crippen MR) is 81.1 cm³/mol. The molecule has 2 rings (SSSR count). The van der Waals surface area contributed by atoms with Crippen molar-refractivity contribution in [2.24, 2.45) is 16.8 Å². The summed E-state index contributed by atoms with van der Waals surface area (Å²) in [6.45, 7) is 5.52. The Kier molecular flexibility index (Phi) is 6.60. The van der Waals surface area contributed by atoms with Crippen LogP contribution in [0.4, 0.5) is 0 Å². The van der Waals surface area contributed by atoms with Crippen molar-refractivity contribution < 1.29 is 9.47 Å². The fourth-order valence-corrected chi connectivity index (χ4v) is 2.49. The van der Waals surface area contributed by atoms with Crippen LogP contribution < -0.4 is 5.32 Å². The van der Waals surface area contributed by atoms with Crippen molar-refractivity contribution in [3.8, 4) is 0 Å². The smallest absolute Gasteiger partial charge is 0.193 e. The first kappa shape index (κ1) is 15.6. The minimum absolute atomic E-state index is 0.639. The molecule has 1 saturated heterocycles. The number of guanidine groups is 1. The largest absolute Gasteiger partial charge is 0.381 e. The van der Waals surface area contributed by atoms with Gasteiger partial charge in [-0.2, -0.15) is 0 Å². The van der Waals surface area contributed by atoms with Crippen LogP contribution in [0.15, 0.2) is 4.99 Å². The monoisotopic (exact) mass is 283 g/mol. The molecule has 0 spiro atoms. The van der Waals surface area contributed by atoms with Gasteiger partial charge in [-0.3, -0.25) is 4.99 Å². The summed E-state index contributed by atoms with van der Waals surface area (Å²) in [6.07, 6.45) is 4.92. The first-order chi connectivity index (χ1) is 9.79. The molecule has 0 aromatic rings. The fourth-order valence-electron chi connectivity index (χ4n) is 2.49. The van der Waals surface area contributed by atoms with E-state index in [-0.39, 0.29) is 0 Å². The molecule has 1 atom stereocenters. The zero-order valence-corrected chi connectivity index (χ0v) is 12.9. The topological polar surface area (TPSA) is 46.1 Å². The van der Waals surface area contributed by atoms with Crippen LogP contribution in [-0.2, 0) is 9.47 Å². The van der Waals surface area contributed by atoms with Gasteiger partial charge in [0.15, 0.2) is 5.96 Å². The van der Waals surface area contributed by atoms with E-state index in [9.17, 15) is 0 Å². The average molecular weight is 283 g/mol. The molecule has 2 fully saturated rings. The van der Waals surface area contributed by atoms with Crippen LogP contribution in [0.25, 0.3) is 0 Å². The lowest BCUT2D eigenvalue weighted by molar-refractivity contribution is 0.122. The average Bonchev–Trinajstić information content (AvgIpc) is 3.13. The maximum absolute atomic E-state index is 5.63. The lowest BCUT2D eigenvalue weighted by Gasteiger charge is -2.24. The van der Waals surface area contributed by atoms with Gasteiger partial charge in [0.1, 0.15) is 0 Å². The first-order valence-corrected chi connectivity index (χ1v) is 7.87. The minimum atomic E-state index is 0.639. The Bertz CT molecular complexity index is 299. The number of nitrogens with zero attached hydrogens (tertiary/aromatic N) is 2. The van der Waals surface area contributed by atoms with E-state index in [1.165, 1.54) is 12.8 Å². The highest BCUT2D eigenvalue weighted by atomic mass is 16.5. The summed E-state index contributed by atoms with van der Waals surface area (Å²) in [5, 5.41) is 3.40. The van der Waals surface area contributed by atoms with Crippen molar-refractivity contribution in [1.29, 1.82) is 0 Å². The van der Waals surface area contributed by atoms with Crippen molar-refractivity contribution in [3.05, 3.63) is 0 Å². The van der Waals surface area contributed by atoms with Gasteiger partial charge in [-0.05, 0) is 31.6 Å². The molecule has 116 valence electrons. The molecule has 1 saturated carbocycles. The molecule has 1 heterocycles. The Balaban J connectivity index is 1.53. The van der Waals surface area contributed by atoms with Crippen LogP contribution in [0.1, 0.15) is 25.7 Å². The highest BCUT2D eigenvalue weighted by Crippen LogP contribution is 2.28. The van der Waals surface area contributed by atoms with Crippen molar-refractivity contribution in [3.63, 3.8) is 0 Å². The van der Waals surface area contributed by atoms with Crippen molar-refractivity contribution >= 4 is 5.96 Å². The van der Waals surface area contributed by atoms with E-state index in [4.69, 9.17) is 9.47 Å². The number of hydrogen-bond acceptors (Lipinski definition) is 3. The summed E-state index contributed by atoms with van der Waals surface area (Å²) >= 11 is 0. The number of ether oxygens (including phenoxy) is 2. The van der Waals surface area contributed by atoms with Crippen LogP contribution in [0.5, 0.6) is 0 Å². The molecule has 1 aliphatic heterocycles. The number of rotatable bonds is 8. The Morgan fingerprint density at radius 1 is 1.35 bits per heavy atom. The van der Waals surface area contributed by atoms with Gasteiger partial charge in [0.2, 0.25) is 0 Å². The molecule has 1 unspecified atom stereocenters. The molecule has 0 radical (unpaired) electrons. The molecule has 1 aliphatic carbocycles. The maximum Gasteiger partial charge on any atom is 0.193 e. The van der Waals surface area contributed by atoms with Crippen LogP contribution in [0.2, 0.25) is 0 Å². The zero-order chi connectivity index (χ0) is 14.2. The Hall–Kier alpha value is -0.810. The number of nitrogens with one attached hydrogen (secondary N) is 1. The second kappa shape index (κ2) is 8.47. The lowest BCUT2D eigenvalue weighted by atomic mass is 10.1. The number of hydrogen-bond donors (Lipinski definition) is 1. The quantitative estimate of drug-likeness (QED) is 0.415. The molecule has 20 heavy (non-hydrogen) atoms. The van der Waals surface area contributed by atoms with Gasteiger partial charge in [-0.15, -0.1) is 0 Å². The van der Waals surface area contributed by atoms with Crippen LogP contribution in [0, 0.1) is 11.8 Å². The molecule has 2 aliphatic rings. The van der Waals surface area contributed by atoms with Crippen molar-refractivity contribution in [2.75, 3.05) is 53.6 Å². The first-order valence-electron chi connectivity index (χ1n) is 7.87. The van der Waals surface area contributed by atoms with Gasteiger partial charge >= 0.3 is 0 Å². The van der Waals surface area contributed by atoms with E-state index in [2.05, 4.69) is 22.3 Å². The molecule has 5 heteroatoms. The van der Waals surface area contributed by atoms with Gasteiger partial charge in [-0.1, -0.05) is 0 Å². The summed E-state index contributed by atoms with van der Waals surface area (Å²) in [5.74, 6) is 2.47. The second-order valence-electron chi connectivity index (χ2n) is 5.96. The third kappa shape index (κ3) is 5.67. The molecule has 0 bridgehead atoms. The van der Waals surface area contributed by atoms with Gasteiger partial charge in [0, 0.05) is 52.9 Å². The SMILES string of the molecule is CN=C(NCCCOCC1CC1)N(C)CC1CCOC1. The standard InChI is InChI=1S/C15H29N3O2/c1-16-15(18(2)10-14-6-9-20-12-14)17-7-3-8-19-11-13-4-5-13/h13-14H,3-12H2,1-2H3,(H,16,17). The van der Waals surface area contributed by atoms with E-state index < -0.39 is 0 Å². The summed E-state index contributed by atoms with van der Waals surface area (Å²) in [5.41, 5.74) is 0. The van der Waals surface area contributed by atoms with Crippen LogP contribution in [0.3, 0.4) is 0 Å². The third-order valence-corrected chi connectivity index (χ3v) is 3.93. The van der Waals surface area contributed by atoms with E-state index in [1.807, 2.05) is 7.05 Å².